The summed E-state index contributed by atoms with van der Waals surface area (Å²) in [7, 11) is 3.55. The zero-order chi connectivity index (χ0) is 22.7. The van der Waals surface area contributed by atoms with Crippen LogP contribution in [0, 0.1) is 11.2 Å². The van der Waals surface area contributed by atoms with Gasteiger partial charge in [-0.2, -0.15) is 9.97 Å². The van der Waals surface area contributed by atoms with Crippen molar-refractivity contribution in [1.29, 1.82) is 0 Å². The molecule has 3 heterocycles. The molecule has 2 fully saturated rings. The predicted molar refractivity (Wildman–Crippen MR) is 123 cm³/mol. The number of halogens is 1. The Bertz CT molecular complexity index is 1250. The summed E-state index contributed by atoms with van der Waals surface area (Å²) in [6.07, 6.45) is 5.78. The Morgan fingerprint density at radius 3 is 2.64 bits per heavy atom. The highest BCUT2D eigenvalue weighted by atomic mass is 19.1. The zero-order valence-corrected chi connectivity index (χ0v) is 18.5. The average molecular weight is 449 g/mol. The quantitative estimate of drug-likeness (QED) is 0.424. The summed E-state index contributed by atoms with van der Waals surface area (Å²) in [5.74, 6) is 1.42. The van der Waals surface area contributed by atoms with Gasteiger partial charge in [0.1, 0.15) is 11.6 Å². The molecule has 9 nitrogen and oxygen atoms in total. The molecule has 1 aliphatic heterocycles. The van der Waals surface area contributed by atoms with Crippen molar-refractivity contribution in [1.82, 2.24) is 19.9 Å². The number of anilines is 3. The van der Waals surface area contributed by atoms with E-state index in [4.69, 9.17) is 20.4 Å². The standard InChI is InChI=1S/C23H25FN8O/c1-26-16-6-12(24)5-15-14(16)7-17-19(15)20(32-4-3-23(11-32)8-18(23)25)31-22(30-17)33-13-9-28-21(27-2)29-10-13/h5-6,9-10,18,26H,3-4,7-8,11,25H2,1-2H3,(H,27,28,29). The second-order valence-electron chi connectivity index (χ2n) is 9.00. The summed E-state index contributed by atoms with van der Waals surface area (Å²) in [4.78, 5) is 20.1. The van der Waals surface area contributed by atoms with Crippen LogP contribution in [0.5, 0.6) is 11.8 Å². The summed E-state index contributed by atoms with van der Waals surface area (Å²) < 4.78 is 20.4. The van der Waals surface area contributed by atoms with Crippen molar-refractivity contribution in [2.45, 2.75) is 25.3 Å². The lowest BCUT2D eigenvalue weighted by molar-refractivity contribution is 0.436. The van der Waals surface area contributed by atoms with Crippen LogP contribution in [0.2, 0.25) is 0 Å². The number of fused-ring (bicyclic) bond motifs is 3. The van der Waals surface area contributed by atoms with E-state index in [-0.39, 0.29) is 23.3 Å². The van der Waals surface area contributed by atoms with E-state index in [9.17, 15) is 4.39 Å². The van der Waals surface area contributed by atoms with Gasteiger partial charge in [-0.25, -0.2) is 14.4 Å². The largest absolute Gasteiger partial charge is 0.421 e. The highest BCUT2D eigenvalue weighted by molar-refractivity contribution is 5.88. The molecule has 3 aliphatic rings. The summed E-state index contributed by atoms with van der Waals surface area (Å²) in [5.41, 5.74) is 10.7. The lowest BCUT2D eigenvalue weighted by atomic mass is 10.0. The monoisotopic (exact) mass is 448 g/mol. The molecule has 10 heteroatoms. The van der Waals surface area contributed by atoms with Crippen molar-refractivity contribution in [3.8, 4) is 22.9 Å². The highest BCUT2D eigenvalue weighted by Gasteiger charge is 2.56. The van der Waals surface area contributed by atoms with Crippen LogP contribution in [0.4, 0.5) is 21.8 Å². The number of rotatable bonds is 5. The number of nitrogens with zero attached hydrogens (tertiary/aromatic N) is 5. The number of hydrogen-bond donors (Lipinski definition) is 3. The van der Waals surface area contributed by atoms with E-state index in [2.05, 4.69) is 25.5 Å². The lowest BCUT2D eigenvalue weighted by Crippen LogP contribution is -2.24. The van der Waals surface area contributed by atoms with Gasteiger partial charge in [-0.15, -0.1) is 0 Å². The highest BCUT2D eigenvalue weighted by Crippen LogP contribution is 2.54. The molecular formula is C23H25FN8O. The Kier molecular flexibility index (Phi) is 4.41. The van der Waals surface area contributed by atoms with Gasteiger partial charge in [0.15, 0.2) is 5.75 Å². The minimum atomic E-state index is -0.291. The van der Waals surface area contributed by atoms with Gasteiger partial charge >= 0.3 is 6.01 Å². The molecule has 1 saturated carbocycles. The van der Waals surface area contributed by atoms with Gasteiger partial charge in [-0.05, 0) is 36.1 Å². The SMILES string of the molecule is CNc1ncc(Oc2nc3c(c(N4CCC5(CC5N)C4)n2)-c2cc(F)cc(NC)c2C3)cn1. The molecule has 1 saturated heterocycles. The third kappa shape index (κ3) is 3.24. The molecule has 0 amide bonds. The Labute approximate surface area is 190 Å². The Morgan fingerprint density at radius 1 is 1.18 bits per heavy atom. The maximum Gasteiger partial charge on any atom is 0.324 e. The van der Waals surface area contributed by atoms with Crippen LogP contribution < -0.4 is 26.0 Å². The van der Waals surface area contributed by atoms with Crippen LogP contribution in [-0.2, 0) is 6.42 Å². The molecule has 2 atom stereocenters. The minimum absolute atomic E-state index is 0.162. The fraction of sp³-hybridized carbons (Fsp3) is 0.391. The maximum absolute atomic E-state index is 14.5. The summed E-state index contributed by atoms with van der Waals surface area (Å²) in [5, 5.41) is 5.99. The van der Waals surface area contributed by atoms with Gasteiger partial charge in [0.25, 0.3) is 0 Å². The molecule has 0 radical (unpaired) electrons. The van der Waals surface area contributed by atoms with Gasteiger partial charge in [0.2, 0.25) is 5.95 Å². The van der Waals surface area contributed by atoms with Crippen molar-refractivity contribution in [3.05, 3.63) is 41.6 Å². The van der Waals surface area contributed by atoms with Gasteiger partial charge < -0.3 is 26.0 Å². The van der Waals surface area contributed by atoms with E-state index in [1.54, 1.807) is 32.6 Å². The molecule has 6 rings (SSSR count). The van der Waals surface area contributed by atoms with Gasteiger partial charge in [0, 0.05) is 56.3 Å². The third-order valence-corrected chi connectivity index (χ3v) is 7.04. The van der Waals surface area contributed by atoms with E-state index in [0.717, 1.165) is 59.8 Å². The smallest absolute Gasteiger partial charge is 0.324 e. The first-order valence-electron chi connectivity index (χ1n) is 11.1. The second kappa shape index (κ2) is 7.24. The number of benzene rings is 1. The van der Waals surface area contributed by atoms with Crippen molar-refractivity contribution < 1.29 is 9.13 Å². The van der Waals surface area contributed by atoms with Gasteiger partial charge in [-0.3, -0.25) is 0 Å². The lowest BCUT2D eigenvalue weighted by Gasteiger charge is -2.22. The van der Waals surface area contributed by atoms with E-state index in [1.165, 1.54) is 6.07 Å². The Morgan fingerprint density at radius 2 is 1.97 bits per heavy atom. The summed E-state index contributed by atoms with van der Waals surface area (Å²) in [6, 6.07) is 3.56. The Hall–Kier alpha value is -3.53. The van der Waals surface area contributed by atoms with Crippen molar-refractivity contribution >= 4 is 17.5 Å². The number of nitrogens with two attached hydrogens (primary N) is 1. The van der Waals surface area contributed by atoms with E-state index >= 15 is 0 Å². The van der Waals surface area contributed by atoms with Gasteiger partial charge in [-0.1, -0.05) is 0 Å². The molecular weight excluding hydrogens is 423 g/mol. The molecule has 4 N–H and O–H groups in total. The molecule has 2 unspecified atom stereocenters. The fourth-order valence-electron chi connectivity index (χ4n) is 5.12. The molecule has 1 spiro atoms. The van der Waals surface area contributed by atoms with Crippen molar-refractivity contribution in [3.63, 3.8) is 0 Å². The third-order valence-electron chi connectivity index (χ3n) is 7.04. The topological polar surface area (TPSA) is 114 Å². The van der Waals surface area contributed by atoms with Crippen LogP contribution >= 0.6 is 0 Å². The predicted octanol–water partition coefficient (Wildman–Crippen LogP) is 2.78. The summed E-state index contributed by atoms with van der Waals surface area (Å²) >= 11 is 0. The average Bonchev–Trinajstić information content (AvgIpc) is 3.13. The van der Waals surface area contributed by atoms with Crippen molar-refractivity contribution in [2.24, 2.45) is 11.1 Å². The molecule has 33 heavy (non-hydrogen) atoms. The first kappa shape index (κ1) is 20.1. The number of hydrogen-bond acceptors (Lipinski definition) is 9. The second-order valence-corrected chi connectivity index (χ2v) is 9.00. The molecule has 2 aliphatic carbocycles. The van der Waals surface area contributed by atoms with Crippen LogP contribution in [0.3, 0.4) is 0 Å². The van der Waals surface area contributed by atoms with Crippen LogP contribution in [0.15, 0.2) is 24.5 Å². The Balaban J connectivity index is 1.44. The van der Waals surface area contributed by atoms with Crippen LogP contribution in [0.25, 0.3) is 11.1 Å². The van der Waals surface area contributed by atoms with Crippen molar-refractivity contribution in [2.75, 3.05) is 42.7 Å². The van der Waals surface area contributed by atoms with Crippen LogP contribution in [0.1, 0.15) is 24.1 Å². The molecule has 2 aromatic heterocycles. The van der Waals surface area contributed by atoms with E-state index in [0.29, 0.717) is 18.1 Å². The number of ether oxygens (including phenoxy) is 1. The fourth-order valence-corrected chi connectivity index (χ4v) is 5.12. The van der Waals surface area contributed by atoms with Gasteiger partial charge in [0.05, 0.1) is 18.1 Å². The first-order chi connectivity index (χ1) is 16.0. The summed E-state index contributed by atoms with van der Waals surface area (Å²) in [6.45, 7) is 1.68. The maximum atomic E-state index is 14.5. The molecule has 1 aromatic carbocycles. The molecule has 3 aromatic rings. The van der Waals surface area contributed by atoms with Crippen LogP contribution in [-0.4, -0.2) is 53.2 Å². The number of aromatic nitrogens is 4. The normalized spacial score (nSPS) is 22.3. The minimum Gasteiger partial charge on any atom is -0.421 e. The van der Waals surface area contributed by atoms with E-state index in [1.807, 2.05) is 0 Å². The van der Waals surface area contributed by atoms with E-state index < -0.39 is 0 Å². The molecule has 170 valence electrons. The zero-order valence-electron chi connectivity index (χ0n) is 18.5. The first-order valence-corrected chi connectivity index (χ1v) is 11.1. The number of nitrogens with one attached hydrogen (secondary N) is 2. The molecule has 0 bridgehead atoms.